The van der Waals surface area contributed by atoms with Gasteiger partial charge in [0.15, 0.2) is 0 Å². The van der Waals surface area contributed by atoms with Gasteiger partial charge in [-0.3, -0.25) is 9.69 Å². The molecular formula is C24H34N4O2. The lowest BCUT2D eigenvalue weighted by Crippen LogP contribution is -2.50. The predicted octanol–water partition coefficient (Wildman–Crippen LogP) is 3.02. The zero-order valence-corrected chi connectivity index (χ0v) is 18.1. The number of likely N-dealkylation sites (tertiary alicyclic amines) is 2. The van der Waals surface area contributed by atoms with E-state index in [1.807, 2.05) is 13.0 Å². The van der Waals surface area contributed by atoms with Crippen molar-refractivity contribution in [2.45, 2.75) is 51.6 Å². The molecule has 1 atom stereocenters. The molecule has 0 spiro atoms. The van der Waals surface area contributed by atoms with Crippen molar-refractivity contribution in [2.75, 3.05) is 32.7 Å². The average molecular weight is 411 g/mol. The van der Waals surface area contributed by atoms with Crippen molar-refractivity contribution in [3.63, 3.8) is 0 Å². The fourth-order valence-corrected chi connectivity index (χ4v) is 4.82. The number of nitrogens with one attached hydrogen (secondary N) is 1. The highest BCUT2D eigenvalue weighted by Gasteiger charge is 2.31. The first-order valence-electron chi connectivity index (χ1n) is 11.4. The summed E-state index contributed by atoms with van der Waals surface area (Å²) >= 11 is 0. The molecule has 6 nitrogen and oxygen atoms in total. The quantitative estimate of drug-likeness (QED) is 0.760. The van der Waals surface area contributed by atoms with Gasteiger partial charge in [-0.1, -0.05) is 35.5 Å². The Morgan fingerprint density at radius 1 is 1.17 bits per heavy atom. The van der Waals surface area contributed by atoms with Crippen LogP contribution in [0.5, 0.6) is 0 Å². The minimum Gasteiger partial charge on any atom is -0.361 e. The molecule has 2 saturated heterocycles. The van der Waals surface area contributed by atoms with Gasteiger partial charge in [-0.25, -0.2) is 0 Å². The first-order chi connectivity index (χ1) is 14.7. The molecule has 2 aromatic rings. The normalized spacial score (nSPS) is 21.6. The van der Waals surface area contributed by atoms with Crippen LogP contribution in [0.25, 0.3) is 0 Å². The first-order valence-corrected chi connectivity index (χ1v) is 11.4. The topological polar surface area (TPSA) is 61.6 Å². The van der Waals surface area contributed by atoms with E-state index in [0.717, 1.165) is 63.4 Å². The highest BCUT2D eigenvalue weighted by molar-refractivity contribution is 5.78. The van der Waals surface area contributed by atoms with Crippen LogP contribution in [0.3, 0.4) is 0 Å². The van der Waals surface area contributed by atoms with Crippen molar-refractivity contribution in [1.29, 1.82) is 0 Å². The number of hydrogen-bond donors (Lipinski definition) is 1. The summed E-state index contributed by atoms with van der Waals surface area (Å²) in [6, 6.07) is 13.3. The van der Waals surface area contributed by atoms with Gasteiger partial charge in [-0.2, -0.15) is 0 Å². The molecule has 1 amide bonds. The Labute approximate surface area is 179 Å². The average Bonchev–Trinajstić information content (AvgIpc) is 3.22. The Hall–Kier alpha value is -2.18. The Bertz CT molecular complexity index is 799. The van der Waals surface area contributed by atoms with Gasteiger partial charge in [-0.15, -0.1) is 0 Å². The Morgan fingerprint density at radius 2 is 1.97 bits per heavy atom. The summed E-state index contributed by atoms with van der Waals surface area (Å²) in [5, 5.41) is 7.01. The monoisotopic (exact) mass is 410 g/mol. The smallest absolute Gasteiger partial charge is 0.224 e. The van der Waals surface area contributed by atoms with E-state index in [0.29, 0.717) is 12.6 Å². The number of aryl methyl sites for hydroxylation is 1. The second-order valence-corrected chi connectivity index (χ2v) is 8.79. The zero-order valence-electron chi connectivity index (χ0n) is 18.1. The molecule has 0 radical (unpaired) electrons. The molecule has 1 N–H and O–H groups in total. The molecule has 3 heterocycles. The van der Waals surface area contributed by atoms with E-state index in [-0.39, 0.29) is 11.8 Å². The summed E-state index contributed by atoms with van der Waals surface area (Å²) in [5.74, 6) is 1.02. The first kappa shape index (κ1) is 21.1. The molecule has 0 aliphatic carbocycles. The molecule has 6 heteroatoms. The molecule has 0 unspecified atom stereocenters. The summed E-state index contributed by atoms with van der Waals surface area (Å²) in [7, 11) is 0. The summed E-state index contributed by atoms with van der Waals surface area (Å²) in [4.78, 5) is 17.8. The number of piperidine rings is 2. The largest absolute Gasteiger partial charge is 0.361 e. The summed E-state index contributed by atoms with van der Waals surface area (Å²) in [5.41, 5.74) is 2.21. The number of nitrogens with zero attached hydrogens (tertiary/aromatic N) is 3. The standard InChI is InChI=1S/C24H34N4O2/c1-19-16-22(26-30-19)17-25-24(29)21-8-5-12-28(18-21)23-10-14-27(15-11-23)13-9-20-6-3-2-4-7-20/h2-4,6-7,16,21,23H,5,8-15,17-18H2,1H3,(H,25,29)/t21-/m1/s1. The van der Waals surface area contributed by atoms with Crippen molar-refractivity contribution < 1.29 is 9.32 Å². The van der Waals surface area contributed by atoms with Crippen molar-refractivity contribution in [3.8, 4) is 0 Å². The molecule has 0 bridgehead atoms. The molecule has 162 valence electrons. The maximum atomic E-state index is 12.7. The lowest BCUT2D eigenvalue weighted by Gasteiger charge is -2.42. The molecule has 0 saturated carbocycles. The third-order valence-electron chi connectivity index (χ3n) is 6.58. The molecule has 1 aromatic carbocycles. The number of carbonyl (C=O) groups is 1. The number of hydrogen-bond acceptors (Lipinski definition) is 5. The van der Waals surface area contributed by atoms with Crippen LogP contribution in [0.4, 0.5) is 0 Å². The summed E-state index contributed by atoms with van der Waals surface area (Å²) in [6.07, 6.45) is 5.64. The molecule has 2 aliphatic rings. The van der Waals surface area contributed by atoms with Gasteiger partial charge in [0.2, 0.25) is 5.91 Å². The fraction of sp³-hybridized carbons (Fsp3) is 0.583. The van der Waals surface area contributed by atoms with E-state index in [1.165, 1.54) is 18.4 Å². The van der Waals surface area contributed by atoms with Gasteiger partial charge in [0.1, 0.15) is 11.5 Å². The molecule has 1 aromatic heterocycles. The van der Waals surface area contributed by atoms with E-state index in [4.69, 9.17) is 4.52 Å². The molecule has 2 fully saturated rings. The zero-order chi connectivity index (χ0) is 20.8. The van der Waals surface area contributed by atoms with Crippen LogP contribution in [0, 0.1) is 12.8 Å². The summed E-state index contributed by atoms with van der Waals surface area (Å²) in [6.45, 7) is 7.80. The molecule has 4 rings (SSSR count). The Balaban J connectivity index is 1.19. The lowest BCUT2D eigenvalue weighted by atomic mass is 9.93. The van der Waals surface area contributed by atoms with Gasteiger partial charge in [0.05, 0.1) is 12.5 Å². The van der Waals surface area contributed by atoms with Crippen molar-refractivity contribution in [1.82, 2.24) is 20.3 Å². The highest BCUT2D eigenvalue weighted by Crippen LogP contribution is 2.24. The lowest BCUT2D eigenvalue weighted by molar-refractivity contribution is -0.127. The number of amides is 1. The summed E-state index contributed by atoms with van der Waals surface area (Å²) < 4.78 is 5.08. The van der Waals surface area contributed by atoms with Gasteiger partial charge in [0, 0.05) is 25.2 Å². The fourth-order valence-electron chi connectivity index (χ4n) is 4.82. The van der Waals surface area contributed by atoms with E-state index in [9.17, 15) is 4.79 Å². The Morgan fingerprint density at radius 3 is 2.70 bits per heavy atom. The number of rotatable bonds is 7. The van der Waals surface area contributed by atoms with Gasteiger partial charge in [0.25, 0.3) is 0 Å². The van der Waals surface area contributed by atoms with Crippen LogP contribution in [-0.2, 0) is 17.8 Å². The van der Waals surface area contributed by atoms with E-state index >= 15 is 0 Å². The van der Waals surface area contributed by atoms with Crippen LogP contribution >= 0.6 is 0 Å². The van der Waals surface area contributed by atoms with Crippen molar-refractivity contribution >= 4 is 5.91 Å². The van der Waals surface area contributed by atoms with Crippen molar-refractivity contribution in [3.05, 3.63) is 53.4 Å². The van der Waals surface area contributed by atoms with Gasteiger partial charge >= 0.3 is 0 Å². The molecule has 2 aliphatic heterocycles. The van der Waals surface area contributed by atoms with Crippen LogP contribution in [0.2, 0.25) is 0 Å². The van der Waals surface area contributed by atoms with Gasteiger partial charge in [-0.05, 0) is 64.2 Å². The number of carbonyl (C=O) groups excluding carboxylic acids is 1. The molecule has 30 heavy (non-hydrogen) atoms. The number of aromatic nitrogens is 1. The molecular weight excluding hydrogens is 376 g/mol. The highest BCUT2D eigenvalue weighted by atomic mass is 16.5. The second kappa shape index (κ2) is 10.2. The van der Waals surface area contributed by atoms with E-state index < -0.39 is 0 Å². The van der Waals surface area contributed by atoms with E-state index in [2.05, 4.69) is 50.6 Å². The third kappa shape index (κ3) is 5.70. The van der Waals surface area contributed by atoms with E-state index in [1.54, 1.807) is 0 Å². The SMILES string of the molecule is Cc1cc(CNC(=O)[C@@H]2CCCN(C3CCN(CCc4ccccc4)CC3)C2)no1. The minimum atomic E-state index is 0.0860. The second-order valence-electron chi connectivity index (χ2n) is 8.79. The minimum absolute atomic E-state index is 0.0860. The predicted molar refractivity (Wildman–Crippen MR) is 117 cm³/mol. The van der Waals surface area contributed by atoms with Crippen LogP contribution in [-0.4, -0.2) is 59.6 Å². The van der Waals surface area contributed by atoms with Crippen LogP contribution in [0.1, 0.15) is 42.7 Å². The third-order valence-corrected chi connectivity index (χ3v) is 6.58. The maximum Gasteiger partial charge on any atom is 0.224 e. The maximum absolute atomic E-state index is 12.7. The number of benzene rings is 1. The van der Waals surface area contributed by atoms with Crippen molar-refractivity contribution in [2.24, 2.45) is 5.92 Å². The van der Waals surface area contributed by atoms with Gasteiger partial charge < -0.3 is 14.7 Å². The van der Waals surface area contributed by atoms with Crippen LogP contribution < -0.4 is 5.32 Å². The van der Waals surface area contributed by atoms with Crippen LogP contribution in [0.15, 0.2) is 40.9 Å². The Kier molecular flexibility index (Phi) is 7.18.